The Morgan fingerprint density at radius 3 is 2.07 bits per heavy atom. The smallest absolute Gasteiger partial charge is 0.342 e. The minimum absolute atomic E-state index is 0.208. The molecule has 2 unspecified atom stereocenters. The van der Waals surface area contributed by atoms with Crippen LogP contribution in [0.4, 0.5) is 0 Å². The van der Waals surface area contributed by atoms with Gasteiger partial charge in [0.2, 0.25) is 5.60 Å². The van der Waals surface area contributed by atoms with Gasteiger partial charge in [0.25, 0.3) is 0 Å². The highest BCUT2D eigenvalue weighted by Crippen LogP contribution is 2.41. The summed E-state index contributed by atoms with van der Waals surface area (Å²) < 4.78 is 17.6. The summed E-state index contributed by atoms with van der Waals surface area (Å²) in [5.41, 5.74) is -0.0885. The van der Waals surface area contributed by atoms with E-state index in [4.69, 9.17) is 13.9 Å². The van der Waals surface area contributed by atoms with Crippen molar-refractivity contribution in [2.24, 2.45) is 5.41 Å². The van der Waals surface area contributed by atoms with E-state index in [9.17, 15) is 9.90 Å². The molecule has 158 valence electrons. The van der Waals surface area contributed by atoms with E-state index in [0.29, 0.717) is 18.8 Å². The lowest BCUT2D eigenvalue weighted by molar-refractivity contribution is -0.176. The number of carbonyl (C=O) groups is 1. The average Bonchev–Trinajstić information content (AvgIpc) is 2.70. The molecule has 29 heavy (non-hydrogen) atoms. The molecule has 2 aromatic rings. The summed E-state index contributed by atoms with van der Waals surface area (Å²) >= 11 is 0. The largest absolute Gasteiger partial charge is 0.479 e. The van der Waals surface area contributed by atoms with Gasteiger partial charge in [-0.3, -0.25) is 0 Å². The summed E-state index contributed by atoms with van der Waals surface area (Å²) in [6.07, 6.45) is 0.148. The summed E-state index contributed by atoms with van der Waals surface area (Å²) in [6.45, 7) is 7.82. The summed E-state index contributed by atoms with van der Waals surface area (Å²) in [5.74, 6) is -1.07. The Morgan fingerprint density at radius 1 is 0.966 bits per heavy atom. The van der Waals surface area contributed by atoms with Crippen LogP contribution in [0.1, 0.15) is 44.4 Å². The maximum atomic E-state index is 12.5. The van der Waals surface area contributed by atoms with Crippen LogP contribution < -0.4 is 0 Å². The highest BCUT2D eigenvalue weighted by Gasteiger charge is 2.49. The van der Waals surface area contributed by atoms with Crippen molar-refractivity contribution in [3.05, 3.63) is 71.8 Å². The van der Waals surface area contributed by atoms with Gasteiger partial charge < -0.3 is 19.0 Å². The van der Waals surface area contributed by atoms with Crippen LogP contribution in [0.15, 0.2) is 60.7 Å². The number of benzene rings is 2. The molecule has 0 fully saturated rings. The molecule has 5 nitrogen and oxygen atoms in total. The van der Waals surface area contributed by atoms with Gasteiger partial charge >= 0.3 is 5.97 Å². The van der Waals surface area contributed by atoms with Crippen LogP contribution in [0.2, 0.25) is 0 Å². The van der Waals surface area contributed by atoms with Crippen molar-refractivity contribution in [2.75, 3.05) is 19.8 Å². The van der Waals surface area contributed by atoms with Crippen LogP contribution in [0.3, 0.4) is 0 Å². The van der Waals surface area contributed by atoms with E-state index in [1.54, 1.807) is 12.1 Å². The van der Waals surface area contributed by atoms with E-state index < -0.39 is 17.7 Å². The van der Waals surface area contributed by atoms with Crippen LogP contribution in [0, 0.1) is 5.41 Å². The first-order chi connectivity index (χ1) is 13.8. The molecule has 0 aliphatic carbocycles. The third-order valence-electron chi connectivity index (χ3n) is 4.82. The minimum Gasteiger partial charge on any atom is -0.479 e. The predicted octanol–water partition coefficient (Wildman–Crippen LogP) is 3.47. The fraction of sp³-hybridized carbons (Fsp3) is 0.435. The number of carboxylic acids is 1. The number of ether oxygens (including phenoxy) is 2. The summed E-state index contributed by atoms with van der Waals surface area (Å²) in [7, 11) is 0.241. The Kier molecular flexibility index (Phi) is 8.58. The lowest BCUT2D eigenvalue weighted by atomic mass is 9.84. The Balaban J connectivity index is 2.24. The van der Waals surface area contributed by atoms with E-state index in [1.165, 1.54) is 0 Å². The molecule has 0 heterocycles. The third-order valence-corrected chi connectivity index (χ3v) is 5.47. The predicted molar refractivity (Wildman–Crippen MR) is 117 cm³/mol. The Morgan fingerprint density at radius 2 is 1.55 bits per heavy atom. The van der Waals surface area contributed by atoms with Crippen LogP contribution in [0.5, 0.6) is 0 Å². The molecule has 2 aromatic carbocycles. The van der Waals surface area contributed by atoms with Gasteiger partial charge in [-0.05, 0) is 23.0 Å². The number of carboxylic acid groups (broad SMARTS) is 1. The minimum atomic E-state index is -1.61. The van der Waals surface area contributed by atoms with Gasteiger partial charge in [0.1, 0.15) is 16.6 Å². The summed E-state index contributed by atoms with van der Waals surface area (Å²) in [6, 6.07) is 18.4. The Bertz CT molecular complexity index is 745. The molecular formula is C23H32O5Si. The molecule has 0 radical (unpaired) electrons. The molecule has 0 saturated heterocycles. The van der Waals surface area contributed by atoms with Gasteiger partial charge in [-0.25, -0.2) is 4.79 Å². The first kappa shape index (κ1) is 23.3. The first-order valence-electron chi connectivity index (χ1n) is 9.89. The van der Waals surface area contributed by atoms with Gasteiger partial charge in [0.05, 0.1) is 13.2 Å². The zero-order valence-electron chi connectivity index (χ0n) is 17.8. The topological polar surface area (TPSA) is 65.0 Å². The van der Waals surface area contributed by atoms with E-state index in [1.807, 2.05) is 48.5 Å². The van der Waals surface area contributed by atoms with Crippen molar-refractivity contribution < 1.29 is 23.8 Å². The van der Waals surface area contributed by atoms with Crippen molar-refractivity contribution in [3.8, 4) is 0 Å². The van der Waals surface area contributed by atoms with Crippen LogP contribution in [-0.2, 0) is 24.3 Å². The molecule has 0 spiro atoms. The normalized spacial score (nSPS) is 15.0. The van der Waals surface area contributed by atoms with Crippen molar-refractivity contribution in [1.29, 1.82) is 0 Å². The third kappa shape index (κ3) is 6.24. The fourth-order valence-electron chi connectivity index (χ4n) is 3.17. The monoisotopic (exact) mass is 416 g/mol. The van der Waals surface area contributed by atoms with Crippen LogP contribution >= 0.6 is 0 Å². The lowest BCUT2D eigenvalue weighted by Crippen LogP contribution is -2.45. The SMILES string of the molecule is CC(C)(C)CCOCCOC(c1ccccc1)C(O[SiH3])(C(=O)O)c1ccccc1. The zero-order valence-corrected chi connectivity index (χ0v) is 19.8. The quantitative estimate of drug-likeness (QED) is 0.449. The standard InChI is InChI=1S/C23H32O5Si/c1-22(2,3)14-15-26-16-17-27-20(18-10-6-4-7-11-18)23(28-29,21(24)25)19-12-8-5-9-13-19/h4-13,20H,14-17H2,1-3,29H3,(H,24,25). The second-order valence-electron chi connectivity index (χ2n) is 8.20. The molecule has 0 saturated carbocycles. The molecule has 1 N–H and O–H groups in total. The van der Waals surface area contributed by atoms with Crippen molar-refractivity contribution in [2.45, 2.75) is 38.9 Å². The molecule has 2 atom stereocenters. The zero-order chi connectivity index (χ0) is 21.3. The van der Waals surface area contributed by atoms with E-state index in [0.717, 1.165) is 12.0 Å². The van der Waals surface area contributed by atoms with Gasteiger partial charge in [0, 0.05) is 6.61 Å². The van der Waals surface area contributed by atoms with Crippen LogP contribution in [0.25, 0.3) is 0 Å². The van der Waals surface area contributed by atoms with Gasteiger partial charge in [-0.1, -0.05) is 81.4 Å². The van der Waals surface area contributed by atoms with E-state index >= 15 is 0 Å². The molecule has 0 aliphatic heterocycles. The summed E-state index contributed by atoms with van der Waals surface area (Å²) in [5, 5.41) is 10.2. The fourth-order valence-corrected chi connectivity index (χ4v) is 3.79. The number of hydrogen-bond donors (Lipinski definition) is 1. The first-order valence-corrected chi connectivity index (χ1v) is 10.7. The average molecular weight is 417 g/mol. The van der Waals surface area contributed by atoms with E-state index in [-0.39, 0.29) is 22.5 Å². The van der Waals surface area contributed by atoms with Gasteiger partial charge in [-0.2, -0.15) is 0 Å². The molecule has 0 amide bonds. The molecule has 2 rings (SSSR count). The second-order valence-corrected chi connectivity index (χ2v) is 8.60. The summed E-state index contributed by atoms with van der Waals surface area (Å²) in [4.78, 5) is 12.5. The molecule has 0 bridgehead atoms. The second kappa shape index (κ2) is 10.7. The van der Waals surface area contributed by atoms with Gasteiger partial charge in [0.15, 0.2) is 0 Å². The maximum Gasteiger partial charge on any atom is 0.342 e. The van der Waals surface area contributed by atoms with E-state index in [2.05, 4.69) is 20.8 Å². The lowest BCUT2D eigenvalue weighted by Gasteiger charge is -2.37. The molecule has 0 aromatic heterocycles. The highest BCUT2D eigenvalue weighted by atomic mass is 28.2. The molecule has 0 aliphatic rings. The molecular weight excluding hydrogens is 384 g/mol. The number of aliphatic carboxylic acids is 1. The van der Waals surface area contributed by atoms with Gasteiger partial charge in [-0.15, -0.1) is 0 Å². The van der Waals surface area contributed by atoms with Crippen LogP contribution in [-0.4, -0.2) is 41.4 Å². The molecule has 6 heteroatoms. The number of rotatable bonds is 11. The highest BCUT2D eigenvalue weighted by molar-refractivity contribution is 6.00. The van der Waals surface area contributed by atoms with Crippen molar-refractivity contribution >= 4 is 16.5 Å². The Hall–Kier alpha value is -1.99. The van der Waals surface area contributed by atoms with Crippen molar-refractivity contribution in [1.82, 2.24) is 0 Å². The van der Waals surface area contributed by atoms with Crippen molar-refractivity contribution in [3.63, 3.8) is 0 Å². The number of hydrogen-bond acceptors (Lipinski definition) is 4. The Labute approximate surface area is 176 Å². The maximum absolute atomic E-state index is 12.5.